The zero-order valence-corrected chi connectivity index (χ0v) is 15.7. The summed E-state index contributed by atoms with van der Waals surface area (Å²) >= 11 is 0. The molecular weight excluding hydrogens is 308 g/mol. The molecule has 7 heteroatoms. The Morgan fingerprint density at radius 1 is 1.21 bits per heavy atom. The van der Waals surface area contributed by atoms with Crippen molar-refractivity contribution in [3.8, 4) is 5.88 Å². The molecule has 7 nitrogen and oxygen atoms in total. The largest absolute Gasteiger partial charge is 0.494 e. The predicted octanol–water partition coefficient (Wildman–Crippen LogP) is 1.11. The fourth-order valence-electron chi connectivity index (χ4n) is 2.76. The molecule has 1 N–H and O–H groups in total. The van der Waals surface area contributed by atoms with Crippen LogP contribution in [0.5, 0.6) is 5.88 Å². The lowest BCUT2D eigenvalue weighted by molar-refractivity contribution is 0.294. The van der Waals surface area contributed by atoms with E-state index in [1.165, 1.54) is 14.1 Å². The highest BCUT2D eigenvalue weighted by Crippen LogP contribution is 2.12. The van der Waals surface area contributed by atoms with E-state index in [0.29, 0.717) is 5.71 Å². The summed E-state index contributed by atoms with van der Waals surface area (Å²) in [5, 5.41) is 10.1. The number of aromatic hydroxyl groups is 1. The Morgan fingerprint density at radius 2 is 1.79 bits per heavy atom. The highest BCUT2D eigenvalue weighted by molar-refractivity contribution is 6.00. The summed E-state index contributed by atoms with van der Waals surface area (Å²) in [6.45, 7) is 11.1. The lowest BCUT2D eigenvalue weighted by Crippen LogP contribution is -2.39. The average Bonchev–Trinajstić information content (AvgIpc) is 2.55. The van der Waals surface area contributed by atoms with Crippen LogP contribution in [0.15, 0.2) is 14.6 Å². The van der Waals surface area contributed by atoms with Gasteiger partial charge in [0.15, 0.2) is 0 Å². The van der Waals surface area contributed by atoms with Crippen LogP contribution in [0.1, 0.15) is 46.1 Å². The van der Waals surface area contributed by atoms with Crippen molar-refractivity contribution >= 4 is 5.71 Å². The molecule has 0 saturated carbocycles. The zero-order chi connectivity index (χ0) is 18.4. The van der Waals surface area contributed by atoms with Crippen molar-refractivity contribution in [2.24, 2.45) is 19.1 Å². The molecule has 0 unspecified atom stereocenters. The Hall–Kier alpha value is -1.89. The first-order valence-electron chi connectivity index (χ1n) is 8.50. The molecule has 0 bridgehead atoms. The molecule has 0 saturated heterocycles. The van der Waals surface area contributed by atoms with Crippen molar-refractivity contribution in [3.05, 3.63) is 26.4 Å². The SMILES string of the molecule is CCN(CC)CCC[C@H](C)N=C(C)c1c(O)n(C)c(=O)n(C)c1=O. The summed E-state index contributed by atoms with van der Waals surface area (Å²) in [5.41, 5.74) is -0.525. The maximum absolute atomic E-state index is 12.3. The molecule has 136 valence electrons. The summed E-state index contributed by atoms with van der Waals surface area (Å²) < 4.78 is 2.04. The number of aromatic nitrogens is 2. The molecule has 0 aromatic carbocycles. The van der Waals surface area contributed by atoms with Gasteiger partial charge in [0, 0.05) is 20.1 Å². The molecule has 0 fully saturated rings. The monoisotopic (exact) mass is 338 g/mol. The minimum atomic E-state index is -0.554. The van der Waals surface area contributed by atoms with Gasteiger partial charge in [0.25, 0.3) is 5.56 Å². The van der Waals surface area contributed by atoms with Crippen LogP contribution in [-0.4, -0.2) is 50.5 Å². The van der Waals surface area contributed by atoms with Crippen LogP contribution in [0, 0.1) is 0 Å². The summed E-state index contributed by atoms with van der Waals surface area (Å²) in [4.78, 5) is 31.0. The van der Waals surface area contributed by atoms with Gasteiger partial charge in [-0.1, -0.05) is 13.8 Å². The lowest BCUT2D eigenvalue weighted by Gasteiger charge is -2.18. The molecule has 1 aromatic heterocycles. The molecule has 1 rings (SSSR count). The standard InChI is InChI=1S/C17H30N4O3/c1-7-21(8-2)11-9-10-12(3)18-13(4)14-15(22)19(5)17(24)20(6)16(14)23/h12,22H,7-11H2,1-6H3/t12-/m0/s1. The third-order valence-corrected chi connectivity index (χ3v) is 4.40. The normalized spacial score (nSPS) is 13.5. The lowest BCUT2D eigenvalue weighted by atomic mass is 10.1. The van der Waals surface area contributed by atoms with Gasteiger partial charge >= 0.3 is 5.69 Å². The van der Waals surface area contributed by atoms with Crippen LogP contribution in [0.2, 0.25) is 0 Å². The van der Waals surface area contributed by atoms with E-state index in [4.69, 9.17) is 0 Å². The second kappa shape index (κ2) is 8.82. The van der Waals surface area contributed by atoms with Crippen molar-refractivity contribution in [1.29, 1.82) is 0 Å². The van der Waals surface area contributed by atoms with E-state index in [1.807, 2.05) is 6.92 Å². The molecular formula is C17H30N4O3. The van der Waals surface area contributed by atoms with Gasteiger partial charge in [-0.15, -0.1) is 0 Å². The Balaban J connectivity index is 2.94. The molecule has 0 radical (unpaired) electrons. The molecule has 1 aromatic rings. The molecule has 0 aliphatic carbocycles. The first-order chi connectivity index (χ1) is 11.2. The predicted molar refractivity (Wildman–Crippen MR) is 97.3 cm³/mol. The van der Waals surface area contributed by atoms with E-state index in [9.17, 15) is 14.7 Å². The second-order valence-corrected chi connectivity index (χ2v) is 6.14. The van der Waals surface area contributed by atoms with Crippen molar-refractivity contribution in [1.82, 2.24) is 14.0 Å². The average molecular weight is 338 g/mol. The van der Waals surface area contributed by atoms with Crippen LogP contribution in [0.3, 0.4) is 0 Å². The Labute approximate surface area is 143 Å². The van der Waals surface area contributed by atoms with E-state index >= 15 is 0 Å². The van der Waals surface area contributed by atoms with Gasteiger partial charge in [-0.2, -0.15) is 0 Å². The third kappa shape index (κ3) is 4.56. The van der Waals surface area contributed by atoms with Gasteiger partial charge in [-0.3, -0.25) is 18.9 Å². The van der Waals surface area contributed by atoms with Crippen molar-refractivity contribution in [2.45, 2.75) is 46.6 Å². The van der Waals surface area contributed by atoms with Gasteiger partial charge in [0.2, 0.25) is 5.88 Å². The first kappa shape index (κ1) is 20.2. The summed E-state index contributed by atoms with van der Waals surface area (Å²) in [7, 11) is 2.83. The van der Waals surface area contributed by atoms with Crippen molar-refractivity contribution in [3.63, 3.8) is 0 Å². The highest BCUT2D eigenvalue weighted by atomic mass is 16.3. The van der Waals surface area contributed by atoms with Crippen LogP contribution in [-0.2, 0) is 14.1 Å². The van der Waals surface area contributed by atoms with Crippen molar-refractivity contribution in [2.75, 3.05) is 19.6 Å². The molecule has 0 amide bonds. The fraction of sp³-hybridized carbons (Fsp3) is 0.706. The number of aliphatic imine (C=N–C) groups is 1. The number of nitrogens with zero attached hydrogens (tertiary/aromatic N) is 4. The number of rotatable bonds is 8. The van der Waals surface area contributed by atoms with Gasteiger partial charge in [0.1, 0.15) is 5.56 Å². The van der Waals surface area contributed by atoms with Gasteiger partial charge in [-0.25, -0.2) is 4.79 Å². The van der Waals surface area contributed by atoms with E-state index < -0.39 is 11.2 Å². The van der Waals surface area contributed by atoms with Gasteiger partial charge in [0.05, 0.1) is 5.71 Å². The van der Waals surface area contributed by atoms with Gasteiger partial charge < -0.3 is 10.0 Å². The number of hydrogen-bond acceptors (Lipinski definition) is 5. The molecule has 1 heterocycles. The summed E-state index contributed by atoms with van der Waals surface area (Å²) in [5.74, 6) is -0.334. The summed E-state index contributed by atoms with van der Waals surface area (Å²) in [6, 6.07) is 0.0434. The van der Waals surface area contributed by atoms with E-state index in [1.54, 1.807) is 6.92 Å². The minimum absolute atomic E-state index is 0.0434. The summed E-state index contributed by atoms with van der Waals surface area (Å²) in [6.07, 6.45) is 1.93. The van der Waals surface area contributed by atoms with Crippen LogP contribution in [0.25, 0.3) is 0 Å². The quantitative estimate of drug-likeness (QED) is 0.720. The second-order valence-electron chi connectivity index (χ2n) is 6.14. The minimum Gasteiger partial charge on any atom is -0.494 e. The van der Waals surface area contributed by atoms with Crippen LogP contribution < -0.4 is 11.2 Å². The maximum Gasteiger partial charge on any atom is 0.333 e. The third-order valence-electron chi connectivity index (χ3n) is 4.40. The van der Waals surface area contributed by atoms with Gasteiger partial charge in [-0.05, 0) is 46.3 Å². The molecule has 0 aliphatic heterocycles. The van der Waals surface area contributed by atoms with E-state index in [2.05, 4.69) is 23.7 Å². The topological polar surface area (TPSA) is 79.8 Å². The van der Waals surface area contributed by atoms with E-state index in [-0.39, 0.29) is 17.5 Å². The molecule has 1 atom stereocenters. The van der Waals surface area contributed by atoms with E-state index in [0.717, 1.165) is 41.6 Å². The zero-order valence-electron chi connectivity index (χ0n) is 15.7. The maximum atomic E-state index is 12.3. The molecule has 0 aliphatic rings. The van der Waals surface area contributed by atoms with Crippen molar-refractivity contribution < 1.29 is 5.11 Å². The van der Waals surface area contributed by atoms with Crippen LogP contribution in [0.4, 0.5) is 0 Å². The Bertz CT molecular complexity index is 699. The Kier molecular flexibility index (Phi) is 7.41. The highest BCUT2D eigenvalue weighted by Gasteiger charge is 2.17. The first-order valence-corrected chi connectivity index (χ1v) is 8.50. The Morgan fingerprint density at radius 3 is 2.33 bits per heavy atom. The molecule has 24 heavy (non-hydrogen) atoms. The fourth-order valence-corrected chi connectivity index (χ4v) is 2.76. The smallest absolute Gasteiger partial charge is 0.333 e. The van der Waals surface area contributed by atoms with Crippen LogP contribution >= 0.6 is 0 Å². The number of hydrogen-bond donors (Lipinski definition) is 1. The molecule has 0 spiro atoms.